The van der Waals surface area contributed by atoms with Gasteiger partial charge in [0.25, 0.3) is 0 Å². The first-order valence-electron chi connectivity index (χ1n) is 7.71. The molecule has 0 radical (unpaired) electrons. The molecule has 3 rings (SSSR count). The first kappa shape index (κ1) is 18.4. The second-order valence-electron chi connectivity index (χ2n) is 5.68. The number of halogens is 3. The van der Waals surface area contributed by atoms with Crippen molar-refractivity contribution in [3.63, 3.8) is 0 Å². The molecule has 1 amide bonds. The summed E-state index contributed by atoms with van der Waals surface area (Å²) in [5.74, 6) is -0.501. The largest absolute Gasteiger partial charge is 0.397 e. The van der Waals surface area contributed by atoms with Crippen LogP contribution in [0.2, 0.25) is 0 Å². The highest BCUT2D eigenvalue weighted by Gasteiger charge is 2.31. The SMILES string of the molecule is Cc1nn(-c2ccnc(Nc3cnn(C)c3)n2)cc1NC(=O)CC(F)(F)F. The van der Waals surface area contributed by atoms with E-state index in [1.54, 1.807) is 37.1 Å². The molecule has 3 heterocycles. The Labute approximate surface area is 151 Å². The lowest BCUT2D eigenvalue weighted by atomic mass is 10.3. The van der Waals surface area contributed by atoms with Gasteiger partial charge in [0, 0.05) is 25.5 Å². The monoisotopic (exact) mass is 380 g/mol. The Morgan fingerprint density at radius 2 is 2.07 bits per heavy atom. The molecule has 142 valence electrons. The minimum absolute atomic E-state index is 0.171. The normalized spacial score (nSPS) is 11.4. The van der Waals surface area contributed by atoms with Crippen LogP contribution in [-0.2, 0) is 11.8 Å². The third-order valence-electron chi connectivity index (χ3n) is 3.37. The van der Waals surface area contributed by atoms with E-state index >= 15 is 0 Å². The molecule has 0 atom stereocenters. The van der Waals surface area contributed by atoms with Crippen LogP contribution in [0.5, 0.6) is 0 Å². The van der Waals surface area contributed by atoms with Crippen LogP contribution in [-0.4, -0.2) is 41.6 Å². The van der Waals surface area contributed by atoms with E-state index in [-0.39, 0.29) is 11.6 Å². The summed E-state index contributed by atoms with van der Waals surface area (Å²) in [6, 6.07) is 1.57. The van der Waals surface area contributed by atoms with Crippen molar-refractivity contribution in [2.24, 2.45) is 7.05 Å². The number of nitrogens with one attached hydrogen (secondary N) is 2. The first-order chi connectivity index (χ1) is 12.7. The lowest BCUT2D eigenvalue weighted by Gasteiger charge is -2.06. The summed E-state index contributed by atoms with van der Waals surface area (Å²) in [6.07, 6.45) is 0.0856. The Hall–Kier alpha value is -3.44. The minimum Gasteiger partial charge on any atom is -0.323 e. The van der Waals surface area contributed by atoms with Crippen molar-refractivity contribution in [3.05, 3.63) is 36.5 Å². The summed E-state index contributed by atoms with van der Waals surface area (Å²) in [4.78, 5) is 19.9. The summed E-state index contributed by atoms with van der Waals surface area (Å²) in [5.41, 5.74) is 1.21. The van der Waals surface area contributed by atoms with Crippen LogP contribution in [0.25, 0.3) is 5.82 Å². The van der Waals surface area contributed by atoms with Gasteiger partial charge >= 0.3 is 6.18 Å². The average molecular weight is 380 g/mol. The lowest BCUT2D eigenvalue weighted by molar-refractivity contribution is -0.150. The summed E-state index contributed by atoms with van der Waals surface area (Å²) in [5, 5.41) is 13.4. The van der Waals surface area contributed by atoms with E-state index < -0.39 is 18.5 Å². The van der Waals surface area contributed by atoms with Crippen LogP contribution < -0.4 is 10.6 Å². The number of hydrogen-bond acceptors (Lipinski definition) is 6. The van der Waals surface area contributed by atoms with Crippen molar-refractivity contribution in [2.45, 2.75) is 19.5 Å². The smallest absolute Gasteiger partial charge is 0.323 e. The average Bonchev–Trinajstić information content (AvgIpc) is 3.12. The van der Waals surface area contributed by atoms with Crippen LogP contribution >= 0.6 is 0 Å². The minimum atomic E-state index is -4.58. The number of aromatic nitrogens is 6. The van der Waals surface area contributed by atoms with Gasteiger partial charge in [0.1, 0.15) is 6.42 Å². The Morgan fingerprint density at radius 1 is 1.30 bits per heavy atom. The van der Waals surface area contributed by atoms with Gasteiger partial charge in [0.2, 0.25) is 11.9 Å². The second kappa shape index (κ2) is 7.05. The fourth-order valence-corrected chi connectivity index (χ4v) is 2.23. The van der Waals surface area contributed by atoms with Crippen LogP contribution in [0.15, 0.2) is 30.9 Å². The van der Waals surface area contributed by atoms with E-state index in [0.29, 0.717) is 17.2 Å². The molecule has 9 nitrogen and oxygen atoms in total. The Balaban J connectivity index is 1.77. The summed E-state index contributed by atoms with van der Waals surface area (Å²) < 4.78 is 39.8. The van der Waals surface area contributed by atoms with E-state index in [1.165, 1.54) is 17.1 Å². The van der Waals surface area contributed by atoms with Gasteiger partial charge in [0.05, 0.1) is 29.5 Å². The fraction of sp³-hybridized carbons (Fsp3) is 0.267. The zero-order chi connectivity index (χ0) is 19.6. The molecule has 3 aromatic rings. The van der Waals surface area contributed by atoms with Gasteiger partial charge in [-0.25, -0.2) is 9.67 Å². The molecule has 0 aliphatic carbocycles. The van der Waals surface area contributed by atoms with E-state index in [2.05, 4.69) is 30.8 Å². The standard InChI is InChI=1S/C15H15F3N8O/c1-9-11(22-13(27)5-15(16,17)18)8-26(24-9)12-3-4-19-14(23-12)21-10-6-20-25(2)7-10/h3-4,6-8H,5H2,1-2H3,(H,22,27)(H,19,21,23). The van der Waals surface area contributed by atoms with E-state index in [1.807, 2.05) is 0 Å². The maximum absolute atomic E-state index is 12.3. The number of anilines is 3. The number of carbonyl (C=O) groups is 1. The number of carbonyl (C=O) groups excluding carboxylic acids is 1. The van der Waals surface area contributed by atoms with Crippen LogP contribution in [0.4, 0.5) is 30.5 Å². The molecule has 12 heteroatoms. The molecule has 3 aromatic heterocycles. The van der Waals surface area contributed by atoms with Crippen molar-refractivity contribution in [1.82, 2.24) is 29.5 Å². The van der Waals surface area contributed by atoms with Crippen molar-refractivity contribution in [2.75, 3.05) is 10.6 Å². The maximum Gasteiger partial charge on any atom is 0.397 e. The van der Waals surface area contributed by atoms with Crippen LogP contribution in [0.1, 0.15) is 12.1 Å². The predicted octanol–water partition coefficient (Wildman–Crippen LogP) is 2.34. The molecule has 0 aromatic carbocycles. The topological polar surface area (TPSA) is 103 Å². The van der Waals surface area contributed by atoms with E-state index in [4.69, 9.17) is 0 Å². The van der Waals surface area contributed by atoms with Crippen LogP contribution in [0.3, 0.4) is 0 Å². The molecule has 0 fully saturated rings. The highest BCUT2D eigenvalue weighted by Crippen LogP contribution is 2.22. The van der Waals surface area contributed by atoms with Crippen LogP contribution in [0, 0.1) is 6.92 Å². The van der Waals surface area contributed by atoms with E-state index in [0.717, 1.165) is 0 Å². The van der Waals surface area contributed by atoms with Crippen molar-refractivity contribution in [1.29, 1.82) is 0 Å². The molecule has 0 saturated heterocycles. The van der Waals surface area contributed by atoms with Gasteiger partial charge in [-0.3, -0.25) is 9.48 Å². The van der Waals surface area contributed by atoms with Gasteiger partial charge in [0.15, 0.2) is 5.82 Å². The number of aryl methyl sites for hydroxylation is 2. The van der Waals surface area contributed by atoms with Crippen molar-refractivity contribution >= 4 is 23.2 Å². The van der Waals surface area contributed by atoms with E-state index in [9.17, 15) is 18.0 Å². The number of hydrogen-bond donors (Lipinski definition) is 2. The summed E-state index contributed by atoms with van der Waals surface area (Å²) in [6.45, 7) is 1.57. The van der Waals surface area contributed by atoms with Gasteiger partial charge in [-0.1, -0.05) is 0 Å². The van der Waals surface area contributed by atoms with Gasteiger partial charge in [-0.15, -0.1) is 0 Å². The molecule has 27 heavy (non-hydrogen) atoms. The van der Waals surface area contributed by atoms with Crippen molar-refractivity contribution < 1.29 is 18.0 Å². The molecule has 0 unspecified atom stereocenters. The first-order valence-corrected chi connectivity index (χ1v) is 7.71. The third kappa shape index (κ3) is 4.80. The Bertz CT molecular complexity index is 962. The van der Waals surface area contributed by atoms with Crippen molar-refractivity contribution in [3.8, 4) is 5.82 Å². The highest BCUT2D eigenvalue weighted by atomic mass is 19.4. The Kier molecular flexibility index (Phi) is 4.79. The summed E-state index contributed by atoms with van der Waals surface area (Å²) >= 11 is 0. The third-order valence-corrected chi connectivity index (χ3v) is 3.37. The second-order valence-corrected chi connectivity index (χ2v) is 5.68. The molecular formula is C15H15F3N8O. The molecule has 0 bridgehead atoms. The fourth-order valence-electron chi connectivity index (χ4n) is 2.23. The van der Waals surface area contributed by atoms with Gasteiger partial charge in [-0.05, 0) is 6.92 Å². The quantitative estimate of drug-likeness (QED) is 0.704. The molecule has 0 aliphatic rings. The zero-order valence-corrected chi connectivity index (χ0v) is 14.3. The van der Waals surface area contributed by atoms with Gasteiger partial charge < -0.3 is 10.6 Å². The molecule has 0 spiro atoms. The zero-order valence-electron chi connectivity index (χ0n) is 14.3. The maximum atomic E-state index is 12.3. The predicted molar refractivity (Wildman–Crippen MR) is 89.7 cm³/mol. The number of amides is 1. The number of nitrogens with zero attached hydrogens (tertiary/aromatic N) is 6. The Morgan fingerprint density at radius 3 is 2.74 bits per heavy atom. The van der Waals surface area contributed by atoms with Gasteiger partial charge in [-0.2, -0.15) is 28.4 Å². The molecule has 2 N–H and O–H groups in total. The lowest BCUT2D eigenvalue weighted by Crippen LogP contribution is -2.21. The highest BCUT2D eigenvalue weighted by molar-refractivity contribution is 5.91. The molecular weight excluding hydrogens is 365 g/mol. The summed E-state index contributed by atoms with van der Waals surface area (Å²) in [7, 11) is 1.77. The number of rotatable bonds is 5. The number of alkyl halides is 3. The molecule has 0 aliphatic heterocycles. The molecule has 0 saturated carbocycles.